The fourth-order valence-corrected chi connectivity index (χ4v) is 2.72. The molecule has 0 radical (unpaired) electrons. The molecule has 0 bridgehead atoms. The van der Waals surface area contributed by atoms with Crippen molar-refractivity contribution in [1.82, 2.24) is 4.90 Å². The lowest BCUT2D eigenvalue weighted by Crippen LogP contribution is -2.29. The predicted molar refractivity (Wildman–Crippen MR) is 72.1 cm³/mol. The molecule has 0 aliphatic carbocycles. The maximum absolute atomic E-state index is 11.3. The van der Waals surface area contributed by atoms with Crippen molar-refractivity contribution in [2.75, 3.05) is 56.2 Å². The Morgan fingerprint density at radius 3 is 1.87 bits per heavy atom. The summed E-state index contributed by atoms with van der Waals surface area (Å²) in [7, 11) is -1.28. The van der Waals surface area contributed by atoms with E-state index in [2.05, 4.69) is 23.7 Å². The Labute approximate surface area is 96.5 Å². The number of hydrogen-bond donors (Lipinski definition) is 0. The molecule has 0 aromatic heterocycles. The highest BCUT2D eigenvalue weighted by Crippen LogP contribution is 2.33. The van der Waals surface area contributed by atoms with Crippen LogP contribution in [-0.4, -0.2) is 69.5 Å². The lowest BCUT2D eigenvalue weighted by Gasteiger charge is -2.28. The van der Waals surface area contributed by atoms with Crippen LogP contribution in [0.15, 0.2) is 0 Å². The first-order valence-electron chi connectivity index (χ1n) is 5.21. The highest BCUT2D eigenvalue weighted by atomic mass is 32.3. The van der Waals surface area contributed by atoms with E-state index in [1.54, 1.807) is 6.92 Å². The molecule has 0 rings (SSSR count). The van der Waals surface area contributed by atoms with Crippen LogP contribution in [0, 0.1) is 0 Å². The first kappa shape index (κ1) is 15.3. The molecular formula is C10H25NO2S2. The summed E-state index contributed by atoms with van der Waals surface area (Å²) in [5.41, 5.74) is 0. The van der Waals surface area contributed by atoms with Crippen LogP contribution in [0.3, 0.4) is 0 Å². The van der Waals surface area contributed by atoms with E-state index in [1.165, 1.54) is 5.75 Å². The molecule has 0 saturated heterocycles. The third-order valence-electron chi connectivity index (χ3n) is 2.31. The van der Waals surface area contributed by atoms with Crippen molar-refractivity contribution in [3.63, 3.8) is 0 Å². The second kappa shape index (κ2) is 6.11. The van der Waals surface area contributed by atoms with E-state index in [9.17, 15) is 8.42 Å². The maximum Gasteiger partial charge on any atom is 0.151 e. The van der Waals surface area contributed by atoms with Crippen molar-refractivity contribution >= 4 is 19.9 Å². The summed E-state index contributed by atoms with van der Waals surface area (Å²) in [6, 6.07) is 0. The van der Waals surface area contributed by atoms with Gasteiger partial charge in [-0.1, -0.05) is 6.92 Å². The van der Waals surface area contributed by atoms with Gasteiger partial charge in [-0.2, -0.15) is 0 Å². The van der Waals surface area contributed by atoms with Crippen molar-refractivity contribution in [2.24, 2.45) is 0 Å². The summed E-state index contributed by atoms with van der Waals surface area (Å²) in [5.74, 6) is 1.72. The molecular weight excluding hydrogens is 230 g/mol. The zero-order valence-electron chi connectivity index (χ0n) is 10.6. The zero-order valence-corrected chi connectivity index (χ0v) is 12.2. The first-order valence-corrected chi connectivity index (χ1v) is 10.1. The molecule has 0 heterocycles. The molecule has 0 N–H and O–H groups in total. The molecule has 0 aliphatic heterocycles. The maximum atomic E-state index is 11.3. The van der Waals surface area contributed by atoms with Crippen LogP contribution in [0.1, 0.15) is 6.92 Å². The van der Waals surface area contributed by atoms with Gasteiger partial charge in [-0.25, -0.2) is 18.4 Å². The normalized spacial score (nSPS) is 14.5. The van der Waals surface area contributed by atoms with Gasteiger partial charge in [0, 0.05) is 18.8 Å². The van der Waals surface area contributed by atoms with E-state index in [-0.39, 0.29) is 5.75 Å². The van der Waals surface area contributed by atoms with Gasteiger partial charge in [0.15, 0.2) is 9.84 Å². The molecule has 3 nitrogen and oxygen atoms in total. The largest absolute Gasteiger partial charge is 0.305 e. The summed E-state index contributed by atoms with van der Waals surface area (Å²) in [6.45, 7) is 3.36. The van der Waals surface area contributed by atoms with Gasteiger partial charge in [-0.05, 0) is 31.6 Å². The van der Waals surface area contributed by atoms with E-state index in [0.29, 0.717) is 12.3 Å². The van der Waals surface area contributed by atoms with Crippen molar-refractivity contribution in [1.29, 1.82) is 0 Å². The topological polar surface area (TPSA) is 37.4 Å². The minimum Gasteiger partial charge on any atom is -0.305 e. The fraction of sp³-hybridized carbons (Fsp3) is 1.00. The smallest absolute Gasteiger partial charge is 0.151 e. The Kier molecular flexibility index (Phi) is 6.21. The van der Waals surface area contributed by atoms with Crippen LogP contribution in [0.4, 0.5) is 0 Å². The summed E-state index contributed by atoms with van der Waals surface area (Å²) in [5, 5.41) is 0. The SMILES string of the molecule is CCS(=O)(=O)CCN(C)CCS(C)(C)C. The van der Waals surface area contributed by atoms with Gasteiger partial charge in [0.25, 0.3) is 0 Å². The molecule has 15 heavy (non-hydrogen) atoms. The summed E-state index contributed by atoms with van der Waals surface area (Å²) in [6.07, 6.45) is 6.84. The molecule has 0 spiro atoms. The van der Waals surface area contributed by atoms with Gasteiger partial charge < -0.3 is 4.90 Å². The number of hydrogen-bond acceptors (Lipinski definition) is 3. The summed E-state index contributed by atoms with van der Waals surface area (Å²) in [4.78, 5) is 2.12. The fourth-order valence-electron chi connectivity index (χ4n) is 0.981. The Morgan fingerprint density at radius 2 is 1.47 bits per heavy atom. The Bertz CT molecular complexity index is 268. The second-order valence-corrected chi connectivity index (χ2v) is 11.9. The van der Waals surface area contributed by atoms with Crippen molar-refractivity contribution in [3.8, 4) is 0 Å². The standard InChI is InChI=1S/C10H25NO2S2/c1-6-15(12,13)10-8-11(2)7-9-14(3,4)5/h6-10H2,1-5H3. The Balaban J connectivity index is 3.81. The van der Waals surface area contributed by atoms with Crippen LogP contribution < -0.4 is 0 Å². The van der Waals surface area contributed by atoms with E-state index in [0.717, 1.165) is 6.54 Å². The van der Waals surface area contributed by atoms with Gasteiger partial charge in [0.1, 0.15) is 0 Å². The highest BCUT2D eigenvalue weighted by Gasteiger charge is 2.10. The molecule has 0 fully saturated rings. The third-order valence-corrected chi connectivity index (χ3v) is 5.40. The Morgan fingerprint density at radius 1 is 1.00 bits per heavy atom. The molecule has 0 aromatic rings. The average Bonchev–Trinajstić information content (AvgIpc) is 2.10. The summed E-state index contributed by atoms with van der Waals surface area (Å²) >= 11 is 0. The number of nitrogens with zero attached hydrogens (tertiary/aromatic N) is 1. The minimum absolute atomic E-state index is 0.255. The van der Waals surface area contributed by atoms with Crippen molar-refractivity contribution in [2.45, 2.75) is 6.92 Å². The molecule has 0 amide bonds. The third kappa shape index (κ3) is 9.20. The molecule has 0 unspecified atom stereocenters. The van der Waals surface area contributed by atoms with Gasteiger partial charge in [-0.15, -0.1) is 0 Å². The Hall–Kier alpha value is 0.260. The molecule has 0 aliphatic rings. The highest BCUT2D eigenvalue weighted by molar-refractivity contribution is 8.32. The summed E-state index contributed by atoms with van der Waals surface area (Å²) < 4.78 is 22.6. The predicted octanol–water partition coefficient (Wildman–Crippen LogP) is 1.05. The second-order valence-electron chi connectivity index (χ2n) is 4.83. The molecule has 0 aromatic carbocycles. The van der Waals surface area contributed by atoms with Gasteiger partial charge in [0.2, 0.25) is 0 Å². The lowest BCUT2D eigenvalue weighted by molar-refractivity contribution is 0.376. The molecule has 5 heteroatoms. The van der Waals surface area contributed by atoms with Gasteiger partial charge in [0.05, 0.1) is 5.75 Å². The van der Waals surface area contributed by atoms with E-state index in [1.807, 2.05) is 7.05 Å². The zero-order chi connectivity index (χ0) is 12.1. The first-order chi connectivity index (χ1) is 6.66. The molecule has 94 valence electrons. The number of sulfone groups is 1. The van der Waals surface area contributed by atoms with Crippen molar-refractivity contribution in [3.05, 3.63) is 0 Å². The van der Waals surface area contributed by atoms with Crippen LogP contribution >= 0.6 is 10.0 Å². The molecule has 0 atom stereocenters. The molecule has 0 saturated carbocycles. The van der Waals surface area contributed by atoms with Crippen LogP contribution in [0.2, 0.25) is 0 Å². The van der Waals surface area contributed by atoms with E-state index >= 15 is 0 Å². The van der Waals surface area contributed by atoms with E-state index in [4.69, 9.17) is 0 Å². The lowest BCUT2D eigenvalue weighted by atomic mass is 10.6. The van der Waals surface area contributed by atoms with Gasteiger partial charge in [-0.3, -0.25) is 0 Å². The quantitative estimate of drug-likeness (QED) is 0.682. The van der Waals surface area contributed by atoms with Crippen molar-refractivity contribution < 1.29 is 8.42 Å². The van der Waals surface area contributed by atoms with Crippen LogP contribution in [0.25, 0.3) is 0 Å². The number of rotatable bonds is 7. The van der Waals surface area contributed by atoms with Gasteiger partial charge >= 0.3 is 0 Å². The van der Waals surface area contributed by atoms with Crippen LogP contribution in [0.5, 0.6) is 0 Å². The monoisotopic (exact) mass is 255 g/mol. The average molecular weight is 255 g/mol. The van der Waals surface area contributed by atoms with Crippen LogP contribution in [-0.2, 0) is 9.84 Å². The van der Waals surface area contributed by atoms with E-state index < -0.39 is 19.9 Å². The minimum atomic E-state index is -2.80.